The van der Waals surface area contributed by atoms with E-state index in [1.54, 1.807) is 0 Å². The molecular formula is C26H30BrNOSi. The van der Waals surface area contributed by atoms with E-state index >= 15 is 0 Å². The summed E-state index contributed by atoms with van der Waals surface area (Å²) in [6, 6.07) is 26.9. The first-order chi connectivity index (χ1) is 14.2. The van der Waals surface area contributed by atoms with Crippen LogP contribution < -0.4 is 0 Å². The number of hydrogen-bond acceptors (Lipinski definition) is 2. The topological polar surface area (TPSA) is 21.6 Å². The molecular weight excluding hydrogens is 450 g/mol. The van der Waals surface area contributed by atoms with Crippen molar-refractivity contribution in [2.45, 2.75) is 45.5 Å². The Kier molecular flexibility index (Phi) is 7.12. The molecule has 0 aliphatic carbocycles. The second-order valence-corrected chi connectivity index (χ2v) is 14.7. The van der Waals surface area contributed by atoms with E-state index in [2.05, 4.69) is 110 Å². The van der Waals surface area contributed by atoms with Crippen LogP contribution in [0.2, 0.25) is 18.1 Å². The minimum atomic E-state index is -1.86. The SMILES string of the molecule is CC(C)(C)[Si](C)(C)OCc1cc(Br)ccc1N=C(c1ccccc1)c1ccccc1. The molecule has 0 saturated heterocycles. The van der Waals surface area contributed by atoms with Gasteiger partial charge < -0.3 is 4.43 Å². The summed E-state index contributed by atoms with van der Waals surface area (Å²) in [7, 11) is -1.86. The van der Waals surface area contributed by atoms with Crippen LogP contribution in [-0.4, -0.2) is 14.0 Å². The van der Waals surface area contributed by atoms with Gasteiger partial charge in [0.2, 0.25) is 0 Å². The first-order valence-corrected chi connectivity index (χ1v) is 14.0. The summed E-state index contributed by atoms with van der Waals surface area (Å²) in [4.78, 5) is 5.13. The van der Waals surface area contributed by atoms with Gasteiger partial charge in [-0.05, 0) is 36.3 Å². The predicted octanol–water partition coefficient (Wildman–Crippen LogP) is 8.14. The van der Waals surface area contributed by atoms with E-state index in [-0.39, 0.29) is 5.04 Å². The second kappa shape index (κ2) is 9.42. The maximum absolute atomic E-state index is 6.52. The molecule has 0 bridgehead atoms. The molecule has 3 aromatic carbocycles. The molecule has 0 aliphatic rings. The largest absolute Gasteiger partial charge is 0.412 e. The van der Waals surface area contributed by atoms with Gasteiger partial charge in [-0.15, -0.1) is 0 Å². The van der Waals surface area contributed by atoms with Gasteiger partial charge in [0.05, 0.1) is 18.0 Å². The molecule has 30 heavy (non-hydrogen) atoms. The summed E-state index contributed by atoms with van der Waals surface area (Å²) in [5, 5.41) is 0.168. The van der Waals surface area contributed by atoms with Gasteiger partial charge >= 0.3 is 0 Å². The quantitative estimate of drug-likeness (QED) is 0.258. The van der Waals surface area contributed by atoms with Crippen molar-refractivity contribution in [3.05, 3.63) is 100 Å². The Morgan fingerprint density at radius 2 is 1.40 bits per heavy atom. The Morgan fingerprint density at radius 3 is 1.90 bits per heavy atom. The van der Waals surface area contributed by atoms with E-state index in [0.29, 0.717) is 6.61 Å². The third-order valence-electron chi connectivity index (χ3n) is 5.76. The first-order valence-electron chi connectivity index (χ1n) is 10.3. The van der Waals surface area contributed by atoms with E-state index in [9.17, 15) is 0 Å². The molecule has 2 nitrogen and oxygen atoms in total. The van der Waals surface area contributed by atoms with Gasteiger partial charge in [-0.2, -0.15) is 0 Å². The molecule has 0 amide bonds. The van der Waals surface area contributed by atoms with Crippen LogP contribution in [0.5, 0.6) is 0 Å². The van der Waals surface area contributed by atoms with E-state index in [1.165, 1.54) is 0 Å². The molecule has 0 aromatic heterocycles. The van der Waals surface area contributed by atoms with Crippen molar-refractivity contribution in [3.8, 4) is 0 Å². The summed E-state index contributed by atoms with van der Waals surface area (Å²) in [5.74, 6) is 0. The average molecular weight is 481 g/mol. The number of hydrogen-bond donors (Lipinski definition) is 0. The Morgan fingerprint density at radius 1 is 0.867 bits per heavy atom. The van der Waals surface area contributed by atoms with Crippen LogP contribution >= 0.6 is 15.9 Å². The zero-order chi connectivity index (χ0) is 21.8. The fourth-order valence-corrected chi connectivity index (χ4v) is 4.22. The summed E-state index contributed by atoms with van der Waals surface area (Å²) in [6.07, 6.45) is 0. The van der Waals surface area contributed by atoms with Crippen molar-refractivity contribution in [2.24, 2.45) is 4.99 Å². The third kappa shape index (κ3) is 5.57. The van der Waals surface area contributed by atoms with Crippen LogP contribution in [0.25, 0.3) is 0 Å². The lowest BCUT2D eigenvalue weighted by Crippen LogP contribution is -2.40. The number of aliphatic imine (C=N–C) groups is 1. The molecule has 0 spiro atoms. The minimum Gasteiger partial charge on any atom is -0.412 e. The molecule has 0 unspecified atom stereocenters. The van der Waals surface area contributed by atoms with Crippen molar-refractivity contribution < 1.29 is 4.43 Å². The Balaban J connectivity index is 2.04. The van der Waals surface area contributed by atoms with Crippen molar-refractivity contribution in [1.82, 2.24) is 0 Å². The van der Waals surface area contributed by atoms with E-state index in [0.717, 1.165) is 32.6 Å². The van der Waals surface area contributed by atoms with Crippen molar-refractivity contribution in [1.29, 1.82) is 0 Å². The lowest BCUT2D eigenvalue weighted by Gasteiger charge is -2.36. The highest BCUT2D eigenvalue weighted by Crippen LogP contribution is 2.38. The van der Waals surface area contributed by atoms with Gasteiger partial charge in [0, 0.05) is 21.2 Å². The molecule has 0 saturated carbocycles. The summed E-state index contributed by atoms with van der Waals surface area (Å²) in [5.41, 5.74) is 5.20. The van der Waals surface area contributed by atoms with Crippen LogP contribution in [0.1, 0.15) is 37.5 Å². The minimum absolute atomic E-state index is 0.168. The van der Waals surface area contributed by atoms with Gasteiger partial charge in [-0.25, -0.2) is 4.99 Å². The molecule has 3 rings (SSSR count). The fourth-order valence-electron chi connectivity index (χ4n) is 2.86. The van der Waals surface area contributed by atoms with Crippen LogP contribution in [0, 0.1) is 0 Å². The Hall–Kier alpha value is -2.01. The van der Waals surface area contributed by atoms with Gasteiger partial charge in [0.25, 0.3) is 0 Å². The molecule has 0 aliphatic heterocycles. The Bertz CT molecular complexity index is 967. The highest BCUT2D eigenvalue weighted by Gasteiger charge is 2.37. The van der Waals surface area contributed by atoms with Gasteiger partial charge in [0.1, 0.15) is 0 Å². The molecule has 156 valence electrons. The molecule has 0 heterocycles. The normalized spacial score (nSPS) is 11.9. The van der Waals surface area contributed by atoms with E-state index in [4.69, 9.17) is 9.42 Å². The molecule has 4 heteroatoms. The predicted molar refractivity (Wildman–Crippen MR) is 134 cm³/mol. The number of rotatable bonds is 6. The van der Waals surface area contributed by atoms with Crippen molar-refractivity contribution in [2.75, 3.05) is 0 Å². The highest BCUT2D eigenvalue weighted by atomic mass is 79.9. The molecule has 3 aromatic rings. The number of halogens is 1. The molecule has 0 fully saturated rings. The van der Waals surface area contributed by atoms with Gasteiger partial charge in [0.15, 0.2) is 8.32 Å². The first kappa shape index (κ1) is 22.7. The van der Waals surface area contributed by atoms with Crippen molar-refractivity contribution >= 4 is 35.6 Å². The summed E-state index contributed by atoms with van der Waals surface area (Å²) in [6.45, 7) is 11.9. The second-order valence-electron chi connectivity index (χ2n) is 9.01. The third-order valence-corrected chi connectivity index (χ3v) is 10.7. The average Bonchev–Trinajstić information content (AvgIpc) is 2.72. The van der Waals surface area contributed by atoms with Crippen LogP contribution in [0.3, 0.4) is 0 Å². The number of benzene rings is 3. The van der Waals surface area contributed by atoms with Crippen LogP contribution in [-0.2, 0) is 11.0 Å². The van der Waals surface area contributed by atoms with Crippen LogP contribution in [0.15, 0.2) is 88.3 Å². The fraction of sp³-hybridized carbons (Fsp3) is 0.269. The van der Waals surface area contributed by atoms with Gasteiger partial charge in [-0.3, -0.25) is 0 Å². The smallest absolute Gasteiger partial charge is 0.192 e. The highest BCUT2D eigenvalue weighted by molar-refractivity contribution is 9.10. The molecule has 0 atom stereocenters. The van der Waals surface area contributed by atoms with Crippen molar-refractivity contribution in [3.63, 3.8) is 0 Å². The van der Waals surface area contributed by atoms with E-state index < -0.39 is 8.32 Å². The zero-order valence-corrected chi connectivity index (χ0v) is 21.0. The zero-order valence-electron chi connectivity index (χ0n) is 18.4. The maximum atomic E-state index is 6.52. The number of nitrogens with zero attached hydrogens (tertiary/aromatic N) is 1. The standard InChI is InChI=1S/C26H30BrNOSi/c1-26(2,3)30(4,5)29-19-22-18-23(27)16-17-24(22)28-25(20-12-8-6-9-13-20)21-14-10-7-11-15-21/h6-18H,19H2,1-5H3. The lowest BCUT2D eigenvalue weighted by atomic mass is 10.0. The monoisotopic (exact) mass is 479 g/mol. The summed E-state index contributed by atoms with van der Waals surface area (Å²) >= 11 is 3.62. The lowest BCUT2D eigenvalue weighted by molar-refractivity contribution is 0.277. The molecule has 0 radical (unpaired) electrons. The molecule has 0 N–H and O–H groups in total. The maximum Gasteiger partial charge on any atom is 0.192 e. The van der Waals surface area contributed by atoms with Crippen LogP contribution in [0.4, 0.5) is 5.69 Å². The van der Waals surface area contributed by atoms with Gasteiger partial charge in [-0.1, -0.05) is 97.4 Å². The van der Waals surface area contributed by atoms with E-state index in [1.807, 2.05) is 18.2 Å². The summed E-state index contributed by atoms with van der Waals surface area (Å²) < 4.78 is 7.56. The Labute approximate surface area is 190 Å².